The summed E-state index contributed by atoms with van der Waals surface area (Å²) in [4.78, 5) is 150. The first-order chi connectivity index (χ1) is 47.5. The Balaban J connectivity index is 1.35. The summed E-state index contributed by atoms with van der Waals surface area (Å²) in [7, 11) is 0. The molecule has 0 saturated carbocycles. The van der Waals surface area contributed by atoms with Gasteiger partial charge in [-0.2, -0.15) is 5.21 Å². The van der Waals surface area contributed by atoms with Crippen LogP contribution in [0.2, 0.25) is 0 Å². The van der Waals surface area contributed by atoms with Crippen LogP contribution in [-0.2, 0) is 84.8 Å². The van der Waals surface area contributed by atoms with Crippen LogP contribution in [0.3, 0.4) is 0 Å². The van der Waals surface area contributed by atoms with Crippen LogP contribution in [0.5, 0.6) is 5.75 Å². The molecule has 0 radical (unpaired) electrons. The fourth-order valence-corrected chi connectivity index (χ4v) is 10.7. The van der Waals surface area contributed by atoms with E-state index in [2.05, 4.69) is 68.5 Å². The van der Waals surface area contributed by atoms with E-state index in [0.29, 0.717) is 43.7 Å². The van der Waals surface area contributed by atoms with E-state index >= 15 is 4.39 Å². The first-order valence-electron chi connectivity index (χ1n) is 32.4. The summed E-state index contributed by atoms with van der Waals surface area (Å²) in [6.07, 6.45) is -2.74. The third-order valence-electron chi connectivity index (χ3n) is 16.0. The van der Waals surface area contributed by atoms with E-state index in [1.54, 1.807) is 24.3 Å². The highest BCUT2D eigenvalue weighted by molar-refractivity contribution is 6.00. The molecule has 0 saturated heterocycles. The molecule has 10 amide bonds. The average molecular weight is 1400 g/mol. The molecule has 5 rings (SSSR count). The molecule has 0 bridgehead atoms. The lowest BCUT2D eigenvalue weighted by molar-refractivity contribution is -0.142. The number of rotatable bonds is 41. The Morgan fingerprint density at radius 3 is 1.88 bits per heavy atom. The minimum Gasteiger partial charge on any atom is -0.494 e. The van der Waals surface area contributed by atoms with Crippen molar-refractivity contribution in [3.63, 3.8) is 0 Å². The minimum atomic E-state index is -2.36. The molecule has 5 aromatic rings. The Morgan fingerprint density at radius 1 is 0.660 bits per heavy atom. The van der Waals surface area contributed by atoms with Gasteiger partial charge in [0.15, 0.2) is 5.82 Å². The number of carboxylic acids is 1. The molecule has 0 unspecified atom stereocenters. The zero-order valence-electron chi connectivity index (χ0n) is 56.5. The molecule has 100 heavy (non-hydrogen) atoms. The molecular weight excluding hydrogens is 1300 g/mol. The Morgan fingerprint density at radius 2 is 1.28 bits per heavy atom. The van der Waals surface area contributed by atoms with Crippen LogP contribution < -0.4 is 69.8 Å². The second kappa shape index (κ2) is 39.3. The number of benzene rings is 4. The van der Waals surface area contributed by atoms with Gasteiger partial charge in [0, 0.05) is 19.3 Å². The number of carboxylic acid groups (broad SMARTS) is 1. The number of primary amides is 1. The van der Waals surface area contributed by atoms with Gasteiger partial charge in [0.05, 0.1) is 44.9 Å². The number of halogens is 1. The number of carbonyl (C=O) groups excluding carboxylic acids is 10. The fraction of sp³-hybridized carbons (Fsp3) is 0.463. The quantitative estimate of drug-likeness (QED) is 0.0179. The molecule has 4 aromatic carbocycles. The first-order valence-corrected chi connectivity index (χ1v) is 32.4. The number of nitrogens with one attached hydrogen (secondary N) is 10. The number of nitrogens with zero attached hydrogens (tertiary/aromatic N) is 3. The number of carbonyl (C=O) groups is 11. The average Bonchev–Trinajstić information content (AvgIpc) is 1.44. The van der Waals surface area contributed by atoms with Crippen molar-refractivity contribution in [2.75, 3.05) is 32.8 Å². The molecule has 0 aliphatic rings. The van der Waals surface area contributed by atoms with Gasteiger partial charge in [-0.25, -0.2) is 4.39 Å². The second-order valence-corrected chi connectivity index (χ2v) is 24.4. The maximum Gasteiger partial charge on any atom is 0.305 e. The van der Waals surface area contributed by atoms with Gasteiger partial charge in [-0.1, -0.05) is 90.0 Å². The second-order valence-electron chi connectivity index (χ2n) is 24.4. The number of ether oxygens (including phenoxy) is 1. The lowest BCUT2D eigenvalue weighted by atomic mass is 9.90. The van der Waals surface area contributed by atoms with E-state index in [9.17, 15) is 73.2 Å². The number of hydrogen-bond acceptors (Lipinski definition) is 20. The number of hydrogen-bond donors (Lipinski definition) is 17. The molecule has 20 N–H and O–H groups in total. The molecule has 32 nitrogen and oxygen atoms in total. The lowest BCUT2D eigenvalue weighted by Crippen LogP contribution is -2.67. The van der Waals surface area contributed by atoms with Crippen LogP contribution in [0.15, 0.2) is 84.9 Å². The number of nitrogens with two attached hydrogens (primary N) is 3. The van der Waals surface area contributed by atoms with E-state index in [1.165, 1.54) is 18.2 Å². The fourth-order valence-electron chi connectivity index (χ4n) is 10.7. The van der Waals surface area contributed by atoms with E-state index in [-0.39, 0.29) is 30.7 Å². The van der Waals surface area contributed by atoms with Crippen molar-refractivity contribution in [1.82, 2.24) is 68.5 Å². The van der Waals surface area contributed by atoms with Crippen LogP contribution in [0.1, 0.15) is 99.0 Å². The van der Waals surface area contributed by atoms with Gasteiger partial charge >= 0.3 is 5.97 Å². The summed E-state index contributed by atoms with van der Waals surface area (Å²) in [6.45, 7) is 7.49. The zero-order valence-corrected chi connectivity index (χ0v) is 56.5. The highest BCUT2D eigenvalue weighted by Gasteiger charge is 2.42. The maximum atomic E-state index is 15.4. The van der Waals surface area contributed by atoms with Crippen molar-refractivity contribution in [1.29, 1.82) is 0 Å². The van der Waals surface area contributed by atoms with Crippen LogP contribution in [-0.4, -0.2) is 199 Å². The Kier molecular flexibility index (Phi) is 31.6. The highest BCUT2D eigenvalue weighted by Crippen LogP contribution is 2.29. The molecule has 0 aliphatic heterocycles. The number of aryl methyl sites for hydroxylation is 4. The third kappa shape index (κ3) is 25.2. The Labute approximate surface area is 576 Å². The van der Waals surface area contributed by atoms with Gasteiger partial charge in [-0.3, -0.25) is 52.7 Å². The van der Waals surface area contributed by atoms with Crippen molar-refractivity contribution < 1.29 is 82.3 Å². The predicted molar refractivity (Wildman–Crippen MR) is 360 cm³/mol. The summed E-state index contributed by atoms with van der Waals surface area (Å²) >= 11 is 0. The topological polar surface area (TPSA) is 519 Å². The first kappa shape index (κ1) is 80.3. The summed E-state index contributed by atoms with van der Waals surface area (Å²) in [6, 6.07) is 11.4. The molecule has 1 heterocycles. The number of aromatic amines is 1. The van der Waals surface area contributed by atoms with Crippen molar-refractivity contribution in [2.24, 2.45) is 17.2 Å². The predicted octanol–water partition coefficient (Wildman–Crippen LogP) is -2.59. The normalized spacial score (nSPS) is 14.4. The summed E-state index contributed by atoms with van der Waals surface area (Å²) < 4.78 is 21.3. The van der Waals surface area contributed by atoms with Gasteiger partial charge in [-0.15, -0.1) is 10.2 Å². The van der Waals surface area contributed by atoms with Gasteiger partial charge in [-0.05, 0) is 131 Å². The molecule has 1 aromatic heterocycles. The maximum absolute atomic E-state index is 15.4. The number of aromatic nitrogens is 4. The SMILES string of the molecule is CCc1cc(OCCCCN)ccc1-c1ccc(C[C@H](NC(=O)[C@H](CC(=O)O)NC(=O)[C@H](CO)NC(=O)[C@@H](NC(=O)[C@](C)(Cc2ccccc2F)NC(=O)[C@@H](NC(=O)CNC(=O)[C@H](Cc2nn[nH]n2)NC(=O)CN)[C@@H](C)O)[C@@H](C)O)C(=O)N[C@@H](CCCc2cc(C)cc(C)c2)C(N)=O)cc1. The van der Waals surface area contributed by atoms with Gasteiger partial charge in [0.2, 0.25) is 59.1 Å². The third-order valence-corrected chi connectivity index (χ3v) is 16.0. The number of tetrazole rings is 1. The molecule has 0 fully saturated rings. The van der Waals surface area contributed by atoms with E-state index in [4.69, 9.17) is 21.9 Å². The highest BCUT2D eigenvalue weighted by atomic mass is 19.1. The minimum absolute atomic E-state index is 0.00455. The zero-order chi connectivity index (χ0) is 73.8. The number of aliphatic carboxylic acids is 1. The molecular formula is C67H91FN16O16. The number of H-pyrrole nitrogens is 1. The van der Waals surface area contributed by atoms with Crippen molar-refractivity contribution in [3.8, 4) is 16.9 Å². The van der Waals surface area contributed by atoms with E-state index in [1.807, 2.05) is 57.2 Å². The molecule has 0 aliphatic carbocycles. The van der Waals surface area contributed by atoms with Crippen molar-refractivity contribution in [3.05, 3.63) is 130 Å². The van der Waals surface area contributed by atoms with Crippen LogP contribution in [0.4, 0.5) is 4.39 Å². The van der Waals surface area contributed by atoms with Crippen LogP contribution >= 0.6 is 0 Å². The van der Waals surface area contributed by atoms with Gasteiger partial charge in [0.1, 0.15) is 59.4 Å². The van der Waals surface area contributed by atoms with E-state index in [0.717, 1.165) is 73.1 Å². The summed E-state index contributed by atoms with van der Waals surface area (Å²) in [5.41, 5.74) is 20.5. The van der Waals surface area contributed by atoms with Gasteiger partial charge < -0.3 is 90.2 Å². The molecule has 10 atom stereocenters. The Bertz CT molecular complexity index is 3620. The van der Waals surface area contributed by atoms with Crippen molar-refractivity contribution >= 4 is 65.0 Å². The Hall–Kier alpha value is -10.4. The largest absolute Gasteiger partial charge is 0.494 e. The monoisotopic (exact) mass is 1390 g/mol. The van der Waals surface area contributed by atoms with Gasteiger partial charge in [0.25, 0.3) is 0 Å². The number of amides is 10. The smallest absolute Gasteiger partial charge is 0.305 e. The summed E-state index contributed by atoms with van der Waals surface area (Å²) in [5, 5.41) is 76.3. The standard InChI is InChI=1S/C67H91FN16O16/c1-7-42-29-45(100-24-11-10-23-69)21-22-46(42)43-19-17-40(18-20-43)28-49(61(94)74-48(59(71)92)16-12-13-41-26-36(2)25-37(3)27-41)75-62(95)51(31-56(90)91)76-63(96)52(35-85)77-64(97)57(38(4)86)79-66(99)67(6,32-44-14-8-9-15-47(44)68)80-65(98)58(39(5)87)78-55(89)34-72-60(93)50(73-54(88)33-70)30-53-81-83-84-82-53/h8-9,14-15,17-22,25-27,29,38-39,48-52,57-58,85-87H,7,10-13,16,23-24,28,30-35,69-70H2,1-6H3,(H2,71,92)(H,72,93)(H,73,88)(H,74,94)(H,75,95)(H,76,96)(H,77,97)(H,78,89)(H,79,99)(H,80,98)(H,90,91)(H,81,82,83,84)/t38-,39-,48+,49+,50+,51+,52+,57+,58+,67+/m1/s1. The summed E-state index contributed by atoms with van der Waals surface area (Å²) in [5.74, 6) is -13.0. The number of unbranched alkanes of at least 4 members (excludes halogenated alkanes) is 1. The lowest BCUT2D eigenvalue weighted by Gasteiger charge is -2.34. The number of aliphatic hydroxyl groups is 3. The molecule has 0 spiro atoms. The number of aliphatic hydroxyl groups excluding tert-OH is 3. The molecule has 542 valence electrons. The van der Waals surface area contributed by atoms with E-state index < -0.39 is 163 Å². The van der Waals surface area contributed by atoms with Crippen LogP contribution in [0.25, 0.3) is 11.1 Å². The molecule has 33 heteroatoms. The van der Waals surface area contributed by atoms with Crippen molar-refractivity contribution in [2.45, 2.75) is 166 Å². The van der Waals surface area contributed by atoms with Crippen LogP contribution in [0, 0.1) is 19.7 Å².